The number of nitrogens with zero attached hydrogens (tertiary/aromatic N) is 2. The van der Waals surface area contributed by atoms with E-state index >= 15 is 0 Å². The van der Waals surface area contributed by atoms with E-state index in [0.29, 0.717) is 28.5 Å². The number of hydrogen-bond donors (Lipinski definition) is 3. The van der Waals surface area contributed by atoms with Crippen LogP contribution in [0.4, 0.5) is 11.4 Å². The predicted octanol–water partition coefficient (Wildman–Crippen LogP) is 3.12. The Bertz CT molecular complexity index is 1210. The number of nitrogens with one attached hydrogen (secondary N) is 2. The first-order valence-corrected chi connectivity index (χ1v) is 12.6. The van der Waals surface area contributed by atoms with Gasteiger partial charge in [0.1, 0.15) is 9.71 Å². The number of carbonyl (C=O) groups excluding carboxylic acids is 1. The molecule has 0 saturated carbocycles. The molecule has 33 heavy (non-hydrogen) atoms. The summed E-state index contributed by atoms with van der Waals surface area (Å²) in [5.74, 6) is 0.407. The summed E-state index contributed by atoms with van der Waals surface area (Å²) in [7, 11) is 1.58. The lowest BCUT2D eigenvalue weighted by Crippen LogP contribution is -2.52. The molecule has 0 radical (unpaired) electrons. The smallest absolute Gasteiger partial charge is 0.263 e. The molecule has 1 amide bonds. The van der Waals surface area contributed by atoms with Crippen molar-refractivity contribution in [1.29, 1.82) is 0 Å². The second-order valence-corrected chi connectivity index (χ2v) is 10.4. The maximum Gasteiger partial charge on any atom is 0.263 e. The van der Waals surface area contributed by atoms with Crippen LogP contribution in [0, 0.1) is 0 Å². The average Bonchev–Trinajstić information content (AvgIpc) is 3.30. The van der Waals surface area contributed by atoms with E-state index in [2.05, 4.69) is 38.7 Å². The second-order valence-electron chi connectivity index (χ2n) is 9.37. The van der Waals surface area contributed by atoms with Crippen molar-refractivity contribution in [2.75, 3.05) is 30.8 Å². The molecule has 0 spiro atoms. The van der Waals surface area contributed by atoms with Crippen molar-refractivity contribution >= 4 is 38.8 Å². The van der Waals surface area contributed by atoms with E-state index in [0.717, 1.165) is 42.6 Å². The van der Waals surface area contributed by atoms with Crippen LogP contribution in [0.3, 0.4) is 0 Å². The maximum atomic E-state index is 13.1. The number of aromatic nitrogens is 1. The molecule has 1 aliphatic carbocycles. The van der Waals surface area contributed by atoms with Crippen LogP contribution in [-0.4, -0.2) is 49.2 Å². The molecule has 3 atom stereocenters. The fourth-order valence-electron chi connectivity index (χ4n) is 5.74. The van der Waals surface area contributed by atoms with Gasteiger partial charge in [0.15, 0.2) is 0 Å². The molecule has 2 fully saturated rings. The van der Waals surface area contributed by atoms with Crippen molar-refractivity contribution in [1.82, 2.24) is 15.6 Å². The van der Waals surface area contributed by atoms with Gasteiger partial charge in [-0.2, -0.15) is 0 Å². The fraction of sp³-hybridized carbons (Fsp3) is 0.440. The van der Waals surface area contributed by atoms with Gasteiger partial charge in [0.25, 0.3) is 5.91 Å². The van der Waals surface area contributed by atoms with Gasteiger partial charge in [-0.3, -0.25) is 4.79 Å². The van der Waals surface area contributed by atoms with E-state index in [1.54, 1.807) is 13.2 Å². The van der Waals surface area contributed by atoms with Crippen LogP contribution in [0.15, 0.2) is 30.3 Å². The lowest BCUT2D eigenvalue weighted by molar-refractivity contribution is 0.0938. The van der Waals surface area contributed by atoms with Gasteiger partial charge in [-0.05, 0) is 61.4 Å². The zero-order chi connectivity index (χ0) is 22.5. The maximum absolute atomic E-state index is 13.1. The van der Waals surface area contributed by atoms with Crippen LogP contribution in [0.2, 0.25) is 0 Å². The Balaban J connectivity index is 1.17. The Morgan fingerprint density at radius 2 is 2.00 bits per heavy atom. The van der Waals surface area contributed by atoms with Crippen LogP contribution in [-0.2, 0) is 12.8 Å². The van der Waals surface area contributed by atoms with Crippen molar-refractivity contribution < 1.29 is 9.53 Å². The van der Waals surface area contributed by atoms with Crippen molar-refractivity contribution in [3.8, 4) is 5.88 Å². The van der Waals surface area contributed by atoms with Crippen LogP contribution >= 0.6 is 11.3 Å². The Morgan fingerprint density at radius 3 is 2.79 bits per heavy atom. The first-order valence-electron chi connectivity index (χ1n) is 11.8. The van der Waals surface area contributed by atoms with E-state index in [-0.39, 0.29) is 11.9 Å². The number of ether oxygens (including phenoxy) is 1. The molecule has 8 heteroatoms. The van der Waals surface area contributed by atoms with Gasteiger partial charge in [0.2, 0.25) is 5.88 Å². The zero-order valence-corrected chi connectivity index (χ0v) is 19.6. The predicted molar refractivity (Wildman–Crippen MR) is 132 cm³/mol. The second kappa shape index (κ2) is 8.18. The monoisotopic (exact) mass is 463 g/mol. The number of hydrogen-bond acceptors (Lipinski definition) is 7. The molecule has 2 saturated heterocycles. The third kappa shape index (κ3) is 3.61. The zero-order valence-electron chi connectivity index (χ0n) is 18.8. The van der Waals surface area contributed by atoms with E-state index in [1.165, 1.54) is 41.0 Å². The number of aryl methyl sites for hydroxylation is 1. The number of pyridine rings is 1. The number of benzene rings is 1. The summed E-state index contributed by atoms with van der Waals surface area (Å²) >= 11 is 1.32. The molecule has 4 N–H and O–H groups in total. The van der Waals surface area contributed by atoms with Crippen LogP contribution < -0.4 is 26.0 Å². The number of carbonyl (C=O) groups is 1. The lowest BCUT2D eigenvalue weighted by atomic mass is 9.87. The largest absolute Gasteiger partial charge is 0.481 e. The number of nitrogens with two attached hydrogens (primary N) is 1. The Hall–Kier alpha value is -2.84. The summed E-state index contributed by atoms with van der Waals surface area (Å²) in [5, 5.41) is 7.59. The minimum Gasteiger partial charge on any atom is -0.481 e. The summed E-state index contributed by atoms with van der Waals surface area (Å²) in [5.41, 5.74) is 10.9. The molecular weight excluding hydrogens is 434 g/mol. The first kappa shape index (κ1) is 20.7. The summed E-state index contributed by atoms with van der Waals surface area (Å²) in [6.07, 6.45) is 5.34. The number of fused-ring (bicyclic) bond motifs is 4. The van der Waals surface area contributed by atoms with Gasteiger partial charge < -0.3 is 26.0 Å². The first-order chi connectivity index (χ1) is 16.1. The molecule has 2 aromatic heterocycles. The molecule has 6 rings (SSSR count). The number of rotatable bonds is 4. The van der Waals surface area contributed by atoms with Crippen LogP contribution in [0.1, 0.15) is 40.1 Å². The summed E-state index contributed by atoms with van der Waals surface area (Å²) in [6.45, 7) is 2.18. The number of methoxy groups -OCH3 is 1. The van der Waals surface area contributed by atoms with Gasteiger partial charge in [-0.25, -0.2) is 4.98 Å². The number of nitrogen functional groups attached to an aromatic ring is 1. The molecule has 7 nitrogen and oxygen atoms in total. The van der Waals surface area contributed by atoms with Crippen molar-refractivity contribution in [2.45, 2.75) is 50.2 Å². The van der Waals surface area contributed by atoms with Gasteiger partial charge in [0, 0.05) is 48.4 Å². The fourth-order valence-corrected chi connectivity index (χ4v) is 6.73. The molecule has 3 aromatic rings. The van der Waals surface area contributed by atoms with E-state index < -0.39 is 0 Å². The minimum absolute atomic E-state index is 0.110. The number of thiophene rings is 1. The van der Waals surface area contributed by atoms with E-state index in [9.17, 15) is 4.79 Å². The highest BCUT2D eigenvalue weighted by atomic mass is 32.1. The summed E-state index contributed by atoms with van der Waals surface area (Å²) < 4.78 is 5.20. The minimum atomic E-state index is -0.114. The van der Waals surface area contributed by atoms with Crippen molar-refractivity contribution in [3.63, 3.8) is 0 Å². The highest BCUT2D eigenvalue weighted by molar-refractivity contribution is 7.21. The molecule has 2 bridgehead atoms. The summed E-state index contributed by atoms with van der Waals surface area (Å²) in [4.78, 5) is 21.4. The molecule has 1 aromatic carbocycles. The lowest BCUT2D eigenvalue weighted by Gasteiger charge is -2.38. The van der Waals surface area contributed by atoms with E-state index in [1.807, 2.05) is 6.07 Å². The highest BCUT2D eigenvalue weighted by Gasteiger charge is 2.36. The molecule has 3 aliphatic rings. The Kier molecular flexibility index (Phi) is 5.14. The van der Waals surface area contributed by atoms with Crippen molar-refractivity contribution in [3.05, 3.63) is 46.3 Å². The molecule has 172 valence electrons. The van der Waals surface area contributed by atoms with Gasteiger partial charge in [-0.1, -0.05) is 6.07 Å². The van der Waals surface area contributed by atoms with Crippen LogP contribution in [0.25, 0.3) is 10.2 Å². The average molecular weight is 464 g/mol. The van der Waals surface area contributed by atoms with Gasteiger partial charge in [0.05, 0.1) is 12.8 Å². The SMILES string of the molecule is COc1ccc2c(N)c(C(=O)N[C@@H]3CCc4cc(N5C6CCC5CNC6)ccc4C3)sc2n1. The molecule has 4 heterocycles. The topological polar surface area (TPSA) is 92.5 Å². The van der Waals surface area contributed by atoms with Gasteiger partial charge in [-0.15, -0.1) is 11.3 Å². The summed E-state index contributed by atoms with van der Waals surface area (Å²) in [6, 6.07) is 11.9. The van der Waals surface area contributed by atoms with Gasteiger partial charge >= 0.3 is 0 Å². The molecular formula is C25H29N5O2S. The highest BCUT2D eigenvalue weighted by Crippen LogP contribution is 2.36. The number of amides is 1. The Labute approximate surface area is 197 Å². The van der Waals surface area contributed by atoms with Crippen molar-refractivity contribution in [2.24, 2.45) is 0 Å². The molecule has 2 unspecified atom stereocenters. The van der Waals surface area contributed by atoms with E-state index in [4.69, 9.17) is 10.5 Å². The third-order valence-corrected chi connectivity index (χ3v) is 8.53. The quantitative estimate of drug-likeness (QED) is 0.551. The standard InChI is InChI=1S/C25H29N5O2S/c1-32-21-9-8-20-22(26)23(33-25(20)29-21)24(31)28-16-4-2-15-11-17(5-3-14(15)10-16)30-18-6-7-19(30)13-27-12-18/h3,5,8-9,11,16,18-19,27H,2,4,6-7,10,12-13,26H2,1H3,(H,28,31)/t16-,18?,19?/m1/s1. The number of anilines is 2. The Morgan fingerprint density at radius 1 is 1.18 bits per heavy atom. The third-order valence-electron chi connectivity index (χ3n) is 7.42. The molecule has 2 aliphatic heterocycles. The normalized spacial score (nSPS) is 24.0. The number of piperazine rings is 1. The van der Waals surface area contributed by atoms with Crippen LogP contribution in [0.5, 0.6) is 5.88 Å².